The highest BCUT2D eigenvalue weighted by molar-refractivity contribution is 5.85. The van der Waals surface area contributed by atoms with Crippen molar-refractivity contribution >= 4 is 10.8 Å². The van der Waals surface area contributed by atoms with Gasteiger partial charge in [-0.2, -0.15) is 0 Å². The van der Waals surface area contributed by atoms with Gasteiger partial charge in [0.2, 0.25) is 0 Å². The zero-order chi connectivity index (χ0) is 13.0. The summed E-state index contributed by atoms with van der Waals surface area (Å²) in [4.78, 5) is 0. The van der Waals surface area contributed by atoms with Crippen LogP contribution in [-0.2, 0) is 0 Å². The van der Waals surface area contributed by atoms with Crippen molar-refractivity contribution in [3.05, 3.63) is 48.0 Å². The molecule has 1 unspecified atom stereocenters. The van der Waals surface area contributed by atoms with Crippen LogP contribution in [0.1, 0.15) is 44.8 Å². The second kappa shape index (κ2) is 6.01. The lowest BCUT2D eigenvalue weighted by Crippen LogP contribution is -2.06. The molecule has 1 N–H and O–H groups in total. The summed E-state index contributed by atoms with van der Waals surface area (Å²) in [6, 6.07) is 14.5. The Balaban J connectivity index is 2.30. The topological polar surface area (TPSA) is 20.2 Å². The van der Waals surface area contributed by atoms with Crippen LogP contribution in [0, 0.1) is 5.92 Å². The highest BCUT2D eigenvalue weighted by Gasteiger charge is 2.15. The van der Waals surface area contributed by atoms with E-state index in [-0.39, 0.29) is 6.10 Å². The molecule has 0 amide bonds. The minimum absolute atomic E-state index is 0.346. The van der Waals surface area contributed by atoms with Gasteiger partial charge >= 0.3 is 0 Å². The molecule has 0 heterocycles. The second-order valence-corrected chi connectivity index (χ2v) is 5.00. The van der Waals surface area contributed by atoms with Gasteiger partial charge in [0.15, 0.2) is 0 Å². The van der Waals surface area contributed by atoms with Gasteiger partial charge in [-0.25, -0.2) is 0 Å². The molecule has 0 aromatic heterocycles. The fourth-order valence-corrected chi connectivity index (χ4v) is 2.61. The lowest BCUT2D eigenvalue weighted by atomic mass is 9.91. The Morgan fingerprint density at radius 3 is 2.33 bits per heavy atom. The normalized spacial score (nSPS) is 13.1. The van der Waals surface area contributed by atoms with E-state index in [4.69, 9.17) is 0 Å². The summed E-state index contributed by atoms with van der Waals surface area (Å²) in [7, 11) is 0. The Morgan fingerprint density at radius 2 is 1.61 bits per heavy atom. The molecule has 2 rings (SSSR count). The Kier molecular flexibility index (Phi) is 4.38. The highest BCUT2D eigenvalue weighted by atomic mass is 16.3. The number of hydrogen-bond donors (Lipinski definition) is 1. The van der Waals surface area contributed by atoms with Gasteiger partial charge in [0.05, 0.1) is 6.10 Å². The van der Waals surface area contributed by atoms with Crippen LogP contribution in [0.2, 0.25) is 0 Å². The molecule has 96 valence electrons. The first kappa shape index (κ1) is 13.1. The van der Waals surface area contributed by atoms with Crippen LogP contribution in [0.25, 0.3) is 10.8 Å². The number of rotatable bonds is 5. The number of aliphatic hydroxyl groups is 1. The van der Waals surface area contributed by atoms with Crippen molar-refractivity contribution in [3.8, 4) is 0 Å². The van der Waals surface area contributed by atoms with E-state index >= 15 is 0 Å². The van der Waals surface area contributed by atoms with Crippen molar-refractivity contribution in [1.29, 1.82) is 0 Å². The maximum Gasteiger partial charge on any atom is 0.0798 e. The molecule has 0 saturated heterocycles. The van der Waals surface area contributed by atoms with Gasteiger partial charge in [-0.05, 0) is 28.7 Å². The van der Waals surface area contributed by atoms with Crippen LogP contribution < -0.4 is 0 Å². The standard InChI is InChI=1S/C17H22O/c1-3-13(4-2)12-17(18)16-11-7-9-14-8-5-6-10-15(14)16/h5-11,13,17-18H,3-4,12H2,1-2H3. The quantitative estimate of drug-likeness (QED) is 0.805. The van der Waals surface area contributed by atoms with Gasteiger partial charge in [0.25, 0.3) is 0 Å². The van der Waals surface area contributed by atoms with E-state index in [0.717, 1.165) is 24.8 Å². The van der Waals surface area contributed by atoms with Crippen molar-refractivity contribution in [1.82, 2.24) is 0 Å². The van der Waals surface area contributed by atoms with Crippen molar-refractivity contribution < 1.29 is 5.11 Å². The molecule has 18 heavy (non-hydrogen) atoms. The van der Waals surface area contributed by atoms with E-state index in [1.54, 1.807) is 0 Å². The first-order chi connectivity index (χ1) is 8.76. The Bertz CT molecular complexity index is 494. The molecule has 2 aromatic rings. The molecule has 0 saturated carbocycles. The van der Waals surface area contributed by atoms with Crippen LogP contribution in [0.4, 0.5) is 0 Å². The molecule has 0 fully saturated rings. The summed E-state index contributed by atoms with van der Waals surface area (Å²) >= 11 is 0. The molecule has 2 aromatic carbocycles. The summed E-state index contributed by atoms with van der Waals surface area (Å²) in [5.41, 5.74) is 1.07. The molecule has 1 heteroatoms. The van der Waals surface area contributed by atoms with Crippen LogP contribution in [0.5, 0.6) is 0 Å². The monoisotopic (exact) mass is 242 g/mol. The summed E-state index contributed by atoms with van der Waals surface area (Å²) in [6.07, 6.45) is 2.79. The van der Waals surface area contributed by atoms with Crippen LogP contribution in [0.3, 0.4) is 0 Å². The van der Waals surface area contributed by atoms with Crippen LogP contribution in [0.15, 0.2) is 42.5 Å². The van der Waals surface area contributed by atoms with Gasteiger partial charge in [0.1, 0.15) is 0 Å². The Hall–Kier alpha value is -1.34. The summed E-state index contributed by atoms with van der Waals surface area (Å²) < 4.78 is 0. The van der Waals surface area contributed by atoms with Gasteiger partial charge in [-0.15, -0.1) is 0 Å². The smallest absolute Gasteiger partial charge is 0.0798 e. The van der Waals surface area contributed by atoms with E-state index in [1.165, 1.54) is 10.8 Å². The van der Waals surface area contributed by atoms with Gasteiger partial charge in [-0.3, -0.25) is 0 Å². The fourth-order valence-electron chi connectivity index (χ4n) is 2.61. The van der Waals surface area contributed by atoms with Gasteiger partial charge in [-0.1, -0.05) is 69.2 Å². The van der Waals surface area contributed by atoms with Crippen molar-refractivity contribution in [2.75, 3.05) is 0 Å². The van der Waals surface area contributed by atoms with E-state index in [0.29, 0.717) is 5.92 Å². The molecular formula is C17H22O. The predicted octanol–water partition coefficient (Wildman–Crippen LogP) is 4.70. The third kappa shape index (κ3) is 2.73. The number of hydrogen-bond acceptors (Lipinski definition) is 1. The zero-order valence-corrected chi connectivity index (χ0v) is 11.3. The minimum Gasteiger partial charge on any atom is -0.388 e. The maximum absolute atomic E-state index is 10.5. The lowest BCUT2D eigenvalue weighted by Gasteiger charge is -2.19. The van der Waals surface area contributed by atoms with E-state index in [2.05, 4.69) is 38.1 Å². The largest absolute Gasteiger partial charge is 0.388 e. The zero-order valence-electron chi connectivity index (χ0n) is 11.3. The summed E-state index contributed by atoms with van der Waals surface area (Å²) in [5, 5.41) is 12.8. The van der Waals surface area contributed by atoms with Crippen molar-refractivity contribution in [2.24, 2.45) is 5.92 Å². The third-order valence-corrected chi connectivity index (χ3v) is 3.89. The number of benzene rings is 2. The SMILES string of the molecule is CCC(CC)CC(O)c1cccc2ccccc12. The Labute approximate surface area is 109 Å². The molecular weight excluding hydrogens is 220 g/mol. The fraction of sp³-hybridized carbons (Fsp3) is 0.412. The Morgan fingerprint density at radius 1 is 0.944 bits per heavy atom. The molecule has 1 atom stereocenters. The molecule has 0 aliphatic heterocycles. The second-order valence-electron chi connectivity index (χ2n) is 5.00. The molecule has 0 aliphatic carbocycles. The van der Waals surface area contributed by atoms with Crippen LogP contribution >= 0.6 is 0 Å². The molecule has 0 radical (unpaired) electrons. The van der Waals surface area contributed by atoms with Crippen molar-refractivity contribution in [2.45, 2.75) is 39.2 Å². The van der Waals surface area contributed by atoms with Gasteiger partial charge < -0.3 is 5.11 Å². The highest BCUT2D eigenvalue weighted by Crippen LogP contribution is 2.30. The average molecular weight is 242 g/mol. The molecule has 0 spiro atoms. The van der Waals surface area contributed by atoms with E-state index in [1.807, 2.05) is 18.2 Å². The third-order valence-electron chi connectivity index (χ3n) is 3.89. The average Bonchev–Trinajstić information content (AvgIpc) is 2.43. The summed E-state index contributed by atoms with van der Waals surface area (Å²) in [5.74, 6) is 0.610. The van der Waals surface area contributed by atoms with Crippen LogP contribution in [-0.4, -0.2) is 5.11 Å². The molecule has 1 nitrogen and oxygen atoms in total. The van der Waals surface area contributed by atoms with Gasteiger partial charge in [0, 0.05) is 0 Å². The number of fused-ring (bicyclic) bond motifs is 1. The van der Waals surface area contributed by atoms with E-state index in [9.17, 15) is 5.11 Å². The number of aliphatic hydroxyl groups excluding tert-OH is 1. The van der Waals surface area contributed by atoms with E-state index < -0.39 is 0 Å². The first-order valence-corrected chi connectivity index (χ1v) is 6.92. The first-order valence-electron chi connectivity index (χ1n) is 6.92. The minimum atomic E-state index is -0.346. The predicted molar refractivity (Wildman–Crippen MR) is 77.6 cm³/mol. The van der Waals surface area contributed by atoms with Crippen molar-refractivity contribution in [3.63, 3.8) is 0 Å². The maximum atomic E-state index is 10.5. The lowest BCUT2D eigenvalue weighted by molar-refractivity contribution is 0.142. The molecule has 0 bridgehead atoms. The molecule has 0 aliphatic rings. The summed E-state index contributed by atoms with van der Waals surface area (Å²) in [6.45, 7) is 4.40.